The summed E-state index contributed by atoms with van der Waals surface area (Å²) in [7, 11) is 1.64. The molecule has 0 spiro atoms. The highest BCUT2D eigenvalue weighted by Crippen LogP contribution is 2.47. The summed E-state index contributed by atoms with van der Waals surface area (Å²) >= 11 is 0. The number of nitrogens with one attached hydrogen (secondary N) is 1. The number of benzene rings is 2. The number of carbonyl (C=O) groups excluding carboxylic acids is 2. The zero-order valence-electron chi connectivity index (χ0n) is 21.9. The van der Waals surface area contributed by atoms with Crippen molar-refractivity contribution < 1.29 is 24.2 Å². The van der Waals surface area contributed by atoms with E-state index >= 15 is 0 Å². The zero-order valence-corrected chi connectivity index (χ0v) is 21.9. The molecule has 0 radical (unpaired) electrons. The molecular formula is C29H34N4O5. The maximum Gasteiger partial charge on any atom is 0.249 e. The van der Waals surface area contributed by atoms with E-state index in [0.717, 1.165) is 72.7 Å². The number of methoxy groups -OCH3 is 1. The first-order chi connectivity index (χ1) is 18.4. The van der Waals surface area contributed by atoms with E-state index in [4.69, 9.17) is 9.47 Å². The Morgan fingerprint density at radius 2 is 1.95 bits per heavy atom. The fourth-order valence-corrected chi connectivity index (χ4v) is 6.39. The number of carbonyl (C=O) groups is 2. The number of ether oxygens (including phenoxy) is 2. The zero-order chi connectivity index (χ0) is 26.4. The van der Waals surface area contributed by atoms with Gasteiger partial charge in [-0.3, -0.25) is 14.5 Å². The Labute approximate surface area is 221 Å². The van der Waals surface area contributed by atoms with Gasteiger partial charge >= 0.3 is 0 Å². The molecule has 2 fully saturated rings. The normalized spacial score (nSPS) is 24.0. The Morgan fingerprint density at radius 3 is 2.71 bits per heavy atom. The minimum absolute atomic E-state index is 0.0351. The molecule has 2 aromatic carbocycles. The molecule has 0 saturated carbocycles. The molecule has 3 aromatic rings. The van der Waals surface area contributed by atoms with Crippen LogP contribution >= 0.6 is 0 Å². The van der Waals surface area contributed by atoms with Gasteiger partial charge in [0.1, 0.15) is 17.0 Å². The van der Waals surface area contributed by atoms with Crippen molar-refractivity contribution >= 4 is 22.7 Å². The minimum atomic E-state index is -1.06. The van der Waals surface area contributed by atoms with Gasteiger partial charge in [-0.15, -0.1) is 0 Å². The van der Waals surface area contributed by atoms with Crippen molar-refractivity contribution in [2.24, 2.45) is 0 Å². The number of amides is 2. The molecule has 1 aromatic heterocycles. The second-order valence-corrected chi connectivity index (χ2v) is 10.7. The van der Waals surface area contributed by atoms with E-state index in [0.29, 0.717) is 13.0 Å². The van der Waals surface area contributed by atoms with Crippen LogP contribution in [0.2, 0.25) is 0 Å². The van der Waals surface area contributed by atoms with Gasteiger partial charge < -0.3 is 29.4 Å². The standard InChI is InChI=1S/C29H34N4O5/c1-29-17-23-22-16-21(37-2)7-8-24(22)30-26(23)27(19-5-3-6-20(34)15-19)33(29)25(35)18-32(28(29)36)10-4-9-31-11-13-38-14-12-31/h3,5-8,15-16,27,30,34H,4,9-14,17-18H2,1-2H3/t27-,29-/m1/s1. The SMILES string of the molecule is COc1ccc2[nH]c3c(c2c1)C[C@]1(C)C(=O)N(CCCN2CCOCC2)CC(=O)N1[C@@H]3c1cccc(O)c1. The van der Waals surface area contributed by atoms with Crippen LogP contribution in [0.15, 0.2) is 42.5 Å². The topological polar surface area (TPSA) is 98.3 Å². The Balaban J connectivity index is 1.38. The summed E-state index contributed by atoms with van der Waals surface area (Å²) in [5.74, 6) is 0.729. The van der Waals surface area contributed by atoms with Crippen molar-refractivity contribution in [2.45, 2.75) is 31.3 Å². The summed E-state index contributed by atoms with van der Waals surface area (Å²) in [4.78, 5) is 37.4. The molecule has 3 aliphatic heterocycles. The molecule has 2 saturated heterocycles. The quantitative estimate of drug-likeness (QED) is 0.521. The Morgan fingerprint density at radius 1 is 1.13 bits per heavy atom. The predicted octanol–water partition coefficient (Wildman–Crippen LogP) is 2.68. The molecule has 6 rings (SSSR count). The molecule has 2 N–H and O–H groups in total. The highest BCUT2D eigenvalue weighted by molar-refractivity contribution is 6.00. The van der Waals surface area contributed by atoms with Gasteiger partial charge in [0.05, 0.1) is 32.9 Å². The van der Waals surface area contributed by atoms with Crippen molar-refractivity contribution in [3.05, 3.63) is 59.3 Å². The number of rotatable bonds is 6. The third kappa shape index (κ3) is 4.10. The summed E-state index contributed by atoms with van der Waals surface area (Å²) in [5, 5.41) is 11.3. The largest absolute Gasteiger partial charge is 0.508 e. The lowest BCUT2D eigenvalue weighted by Crippen LogP contribution is -2.70. The Bertz CT molecular complexity index is 1380. The number of H-pyrrole nitrogens is 1. The number of nitrogens with zero attached hydrogens (tertiary/aromatic N) is 3. The lowest BCUT2D eigenvalue weighted by Gasteiger charge is -2.53. The molecule has 0 unspecified atom stereocenters. The van der Waals surface area contributed by atoms with Crippen molar-refractivity contribution in [2.75, 3.05) is 53.0 Å². The first kappa shape index (κ1) is 24.8. The number of hydrogen-bond donors (Lipinski definition) is 2. The van der Waals surface area contributed by atoms with E-state index in [1.54, 1.807) is 35.1 Å². The van der Waals surface area contributed by atoms with Gasteiger partial charge in [0.15, 0.2) is 0 Å². The average molecular weight is 519 g/mol. The Hall–Kier alpha value is -3.56. The third-order valence-electron chi connectivity index (χ3n) is 8.27. The Kier molecular flexibility index (Phi) is 6.28. The monoisotopic (exact) mass is 518 g/mol. The van der Waals surface area contributed by atoms with Crippen LogP contribution in [0, 0.1) is 0 Å². The lowest BCUT2D eigenvalue weighted by molar-refractivity contribution is -0.167. The van der Waals surface area contributed by atoms with Crippen molar-refractivity contribution in [1.82, 2.24) is 19.7 Å². The number of aromatic nitrogens is 1. The average Bonchev–Trinajstić information content (AvgIpc) is 3.28. The molecule has 2 atom stereocenters. The number of aromatic hydroxyl groups is 1. The maximum atomic E-state index is 14.2. The molecule has 3 aliphatic rings. The van der Waals surface area contributed by atoms with E-state index in [-0.39, 0.29) is 24.1 Å². The summed E-state index contributed by atoms with van der Waals surface area (Å²) in [5.41, 5.74) is 2.50. The van der Waals surface area contributed by atoms with Crippen LogP contribution in [-0.4, -0.2) is 95.2 Å². The molecule has 2 amide bonds. The van der Waals surface area contributed by atoms with Gasteiger partial charge in [-0.1, -0.05) is 12.1 Å². The molecule has 9 heteroatoms. The van der Waals surface area contributed by atoms with Crippen LogP contribution in [0.25, 0.3) is 10.9 Å². The second kappa shape index (κ2) is 9.63. The van der Waals surface area contributed by atoms with Gasteiger partial charge in [0.25, 0.3) is 0 Å². The van der Waals surface area contributed by atoms with Crippen LogP contribution in [0.4, 0.5) is 0 Å². The predicted molar refractivity (Wildman–Crippen MR) is 142 cm³/mol. The van der Waals surface area contributed by atoms with Crippen LogP contribution < -0.4 is 4.74 Å². The maximum absolute atomic E-state index is 14.2. The molecule has 0 bridgehead atoms. The highest BCUT2D eigenvalue weighted by Gasteiger charge is 2.55. The number of fused-ring (bicyclic) bond motifs is 4. The van der Waals surface area contributed by atoms with Crippen molar-refractivity contribution in [1.29, 1.82) is 0 Å². The lowest BCUT2D eigenvalue weighted by atomic mass is 9.78. The molecule has 0 aliphatic carbocycles. The van der Waals surface area contributed by atoms with Gasteiger partial charge in [0.2, 0.25) is 11.8 Å². The first-order valence-electron chi connectivity index (χ1n) is 13.3. The number of piperazine rings is 1. The van der Waals surface area contributed by atoms with Crippen LogP contribution in [0.5, 0.6) is 11.5 Å². The summed E-state index contributed by atoms with van der Waals surface area (Å²) in [6, 6.07) is 12.3. The van der Waals surface area contributed by atoms with E-state index in [9.17, 15) is 14.7 Å². The number of phenolic OH excluding ortho intramolecular Hbond substituents is 1. The van der Waals surface area contributed by atoms with Crippen LogP contribution in [0.1, 0.15) is 36.2 Å². The van der Waals surface area contributed by atoms with E-state index in [1.807, 2.05) is 31.2 Å². The summed E-state index contributed by atoms with van der Waals surface area (Å²) in [6.45, 7) is 6.63. The van der Waals surface area contributed by atoms with E-state index < -0.39 is 11.6 Å². The number of morpholine rings is 1. The van der Waals surface area contributed by atoms with E-state index in [1.165, 1.54) is 0 Å². The molecule has 38 heavy (non-hydrogen) atoms. The smallest absolute Gasteiger partial charge is 0.249 e. The highest BCUT2D eigenvalue weighted by atomic mass is 16.5. The van der Waals surface area contributed by atoms with Crippen molar-refractivity contribution in [3.63, 3.8) is 0 Å². The number of aromatic amines is 1. The van der Waals surface area contributed by atoms with Crippen LogP contribution in [0.3, 0.4) is 0 Å². The summed E-state index contributed by atoms with van der Waals surface area (Å²) in [6.07, 6.45) is 1.20. The van der Waals surface area contributed by atoms with Gasteiger partial charge in [-0.2, -0.15) is 0 Å². The first-order valence-corrected chi connectivity index (χ1v) is 13.3. The third-order valence-corrected chi connectivity index (χ3v) is 8.27. The molecule has 200 valence electrons. The van der Waals surface area contributed by atoms with Gasteiger partial charge in [0, 0.05) is 49.2 Å². The van der Waals surface area contributed by atoms with Gasteiger partial charge in [-0.25, -0.2) is 0 Å². The number of hydrogen-bond acceptors (Lipinski definition) is 6. The van der Waals surface area contributed by atoms with Crippen molar-refractivity contribution in [3.8, 4) is 11.5 Å². The fraction of sp³-hybridized carbons (Fsp3) is 0.448. The molecule has 9 nitrogen and oxygen atoms in total. The second-order valence-electron chi connectivity index (χ2n) is 10.7. The minimum Gasteiger partial charge on any atom is -0.508 e. The fourth-order valence-electron chi connectivity index (χ4n) is 6.39. The summed E-state index contributed by atoms with van der Waals surface area (Å²) < 4.78 is 10.9. The molecular weight excluding hydrogens is 484 g/mol. The molecule has 4 heterocycles. The van der Waals surface area contributed by atoms with Crippen LogP contribution in [-0.2, 0) is 20.7 Å². The number of phenols is 1. The van der Waals surface area contributed by atoms with Gasteiger partial charge in [-0.05, 0) is 54.8 Å². The van der Waals surface area contributed by atoms with E-state index in [2.05, 4.69) is 9.88 Å².